The Kier molecular flexibility index (Phi) is 6.39. The summed E-state index contributed by atoms with van der Waals surface area (Å²) in [7, 11) is 0. The molecule has 0 radical (unpaired) electrons. The van der Waals surface area contributed by atoms with Crippen molar-refractivity contribution in [3.8, 4) is 0 Å². The number of carbonyl (C=O) groups is 1. The van der Waals surface area contributed by atoms with Crippen molar-refractivity contribution in [2.24, 2.45) is 0 Å². The van der Waals surface area contributed by atoms with Gasteiger partial charge < -0.3 is 16.0 Å². The molecule has 0 aromatic carbocycles. The number of nitrogens with one attached hydrogen (secondary N) is 3. The van der Waals surface area contributed by atoms with E-state index in [1.165, 1.54) is 17.0 Å². The van der Waals surface area contributed by atoms with Crippen LogP contribution in [0.25, 0.3) is 0 Å². The maximum atomic E-state index is 12.2. The van der Waals surface area contributed by atoms with Gasteiger partial charge in [0.05, 0.1) is 12.0 Å². The van der Waals surface area contributed by atoms with Gasteiger partial charge in [-0.05, 0) is 44.4 Å². The average molecular weight is 435 g/mol. The summed E-state index contributed by atoms with van der Waals surface area (Å²) in [4.78, 5) is 41.6. The van der Waals surface area contributed by atoms with E-state index in [2.05, 4.69) is 35.9 Å². The highest BCUT2D eigenvalue weighted by atomic mass is 16.2. The van der Waals surface area contributed by atoms with Crippen molar-refractivity contribution in [3.63, 3.8) is 0 Å². The largest absolute Gasteiger partial charge is 0.368 e. The first-order valence-electron chi connectivity index (χ1n) is 10.6. The Morgan fingerprint density at radius 1 is 1.06 bits per heavy atom. The number of hydrogen-bond donors (Lipinski definition) is 3. The van der Waals surface area contributed by atoms with Crippen molar-refractivity contribution in [3.05, 3.63) is 64.2 Å². The number of rotatable bonds is 9. The van der Waals surface area contributed by atoms with Crippen molar-refractivity contribution >= 4 is 23.4 Å². The predicted molar refractivity (Wildman–Crippen MR) is 121 cm³/mol. The molecule has 4 rings (SSSR count). The summed E-state index contributed by atoms with van der Waals surface area (Å²) in [6.07, 6.45) is 5.35. The summed E-state index contributed by atoms with van der Waals surface area (Å²) in [5, 5.41) is 9.14. The number of carbonyl (C=O) groups excluding carboxylic acids is 1. The molecule has 1 aliphatic carbocycles. The molecule has 1 fully saturated rings. The van der Waals surface area contributed by atoms with Crippen molar-refractivity contribution in [2.75, 3.05) is 23.7 Å². The Bertz CT molecular complexity index is 1170. The normalized spacial score (nSPS) is 12.9. The van der Waals surface area contributed by atoms with Crippen LogP contribution in [0.15, 0.2) is 41.6 Å². The minimum Gasteiger partial charge on any atom is -0.368 e. The molecule has 0 atom stereocenters. The van der Waals surface area contributed by atoms with E-state index in [4.69, 9.17) is 0 Å². The van der Waals surface area contributed by atoms with Crippen molar-refractivity contribution in [2.45, 2.75) is 39.2 Å². The fourth-order valence-corrected chi connectivity index (χ4v) is 3.22. The Balaban J connectivity index is 1.25. The molecule has 0 bridgehead atoms. The molecule has 1 saturated carbocycles. The van der Waals surface area contributed by atoms with E-state index in [0.717, 1.165) is 24.1 Å². The molecular weight excluding hydrogens is 408 g/mol. The zero-order valence-corrected chi connectivity index (χ0v) is 18.1. The Hall–Kier alpha value is -3.82. The summed E-state index contributed by atoms with van der Waals surface area (Å²) in [5.41, 5.74) is 1.72. The fraction of sp³-hybridized carbons (Fsp3) is 0.364. The zero-order chi connectivity index (χ0) is 22.5. The first kappa shape index (κ1) is 21.4. The van der Waals surface area contributed by atoms with Gasteiger partial charge in [0.25, 0.3) is 5.56 Å². The molecule has 10 heteroatoms. The van der Waals surface area contributed by atoms with E-state index in [-0.39, 0.29) is 18.0 Å². The van der Waals surface area contributed by atoms with Gasteiger partial charge in [0.1, 0.15) is 29.8 Å². The van der Waals surface area contributed by atoms with Crippen LogP contribution in [0, 0.1) is 13.8 Å². The zero-order valence-electron chi connectivity index (χ0n) is 18.1. The third-order valence-electron chi connectivity index (χ3n) is 4.97. The van der Waals surface area contributed by atoms with Crippen molar-refractivity contribution in [1.82, 2.24) is 29.8 Å². The van der Waals surface area contributed by atoms with Gasteiger partial charge >= 0.3 is 0 Å². The van der Waals surface area contributed by atoms with Crippen molar-refractivity contribution in [1.29, 1.82) is 0 Å². The number of nitrogens with zero attached hydrogens (tertiary/aromatic N) is 5. The van der Waals surface area contributed by atoms with Crippen LogP contribution in [0.2, 0.25) is 0 Å². The molecule has 1 aliphatic rings. The van der Waals surface area contributed by atoms with Crippen LogP contribution in [0.3, 0.4) is 0 Å². The second kappa shape index (κ2) is 9.54. The minimum atomic E-state index is -0.249. The first-order valence-corrected chi connectivity index (χ1v) is 10.6. The van der Waals surface area contributed by atoms with Gasteiger partial charge in [-0.25, -0.2) is 19.9 Å². The standard InChI is InChI=1S/C22H26N8O2/c1-14-5-6-23-18(9-14)29-20-11-19(27-15(2)28-20)24-7-8-25-21(31)12-30-13-26-17(10-22(30)32)16-3-4-16/h5-6,9-11,13,16H,3-4,7-8,12H2,1-2H3,(H,25,31)(H2,23,24,27,28,29). The number of hydrogen-bond acceptors (Lipinski definition) is 8. The van der Waals surface area contributed by atoms with Gasteiger partial charge in [-0.2, -0.15) is 0 Å². The van der Waals surface area contributed by atoms with Crippen LogP contribution >= 0.6 is 0 Å². The summed E-state index contributed by atoms with van der Waals surface area (Å²) >= 11 is 0. The van der Waals surface area contributed by atoms with Crippen LogP contribution in [-0.4, -0.2) is 43.5 Å². The number of pyridine rings is 1. The third kappa shape index (κ3) is 5.87. The van der Waals surface area contributed by atoms with Gasteiger partial charge in [0.2, 0.25) is 5.91 Å². The van der Waals surface area contributed by atoms with Crippen LogP contribution < -0.4 is 21.5 Å². The van der Waals surface area contributed by atoms with Crippen LogP contribution in [0.1, 0.15) is 35.8 Å². The lowest BCUT2D eigenvalue weighted by Gasteiger charge is -2.11. The van der Waals surface area contributed by atoms with Crippen molar-refractivity contribution < 1.29 is 4.79 Å². The molecule has 3 aromatic heterocycles. The highest BCUT2D eigenvalue weighted by Crippen LogP contribution is 2.38. The summed E-state index contributed by atoms with van der Waals surface area (Å²) in [5.74, 6) is 2.74. The average Bonchev–Trinajstić information content (AvgIpc) is 3.58. The molecule has 3 heterocycles. The molecular formula is C22H26N8O2. The summed E-state index contributed by atoms with van der Waals surface area (Å²) in [6, 6.07) is 7.17. The lowest BCUT2D eigenvalue weighted by molar-refractivity contribution is -0.121. The van der Waals surface area contributed by atoms with Crippen LogP contribution in [0.5, 0.6) is 0 Å². The van der Waals surface area contributed by atoms with Gasteiger partial charge in [-0.1, -0.05) is 0 Å². The van der Waals surface area contributed by atoms with E-state index in [0.29, 0.717) is 42.3 Å². The quantitative estimate of drug-likeness (QED) is 0.436. The van der Waals surface area contributed by atoms with Gasteiger partial charge in [-0.15, -0.1) is 0 Å². The molecule has 0 spiro atoms. The molecule has 1 amide bonds. The molecule has 32 heavy (non-hydrogen) atoms. The van der Waals surface area contributed by atoms with Crippen LogP contribution in [0.4, 0.5) is 17.5 Å². The lowest BCUT2D eigenvalue weighted by atomic mass is 10.3. The summed E-state index contributed by atoms with van der Waals surface area (Å²) in [6.45, 7) is 4.60. The Morgan fingerprint density at radius 3 is 2.62 bits per heavy atom. The topological polar surface area (TPSA) is 127 Å². The molecule has 166 valence electrons. The second-order valence-corrected chi connectivity index (χ2v) is 7.86. The maximum absolute atomic E-state index is 12.2. The highest BCUT2D eigenvalue weighted by Gasteiger charge is 2.25. The predicted octanol–water partition coefficient (Wildman–Crippen LogP) is 1.89. The second-order valence-electron chi connectivity index (χ2n) is 7.86. The monoisotopic (exact) mass is 434 g/mol. The molecule has 3 aromatic rings. The minimum absolute atomic E-state index is 0.0546. The molecule has 3 N–H and O–H groups in total. The molecule has 10 nitrogen and oxygen atoms in total. The smallest absolute Gasteiger partial charge is 0.254 e. The van der Waals surface area contributed by atoms with E-state index in [9.17, 15) is 9.59 Å². The highest BCUT2D eigenvalue weighted by molar-refractivity contribution is 5.75. The molecule has 0 aliphatic heterocycles. The number of aryl methyl sites for hydroxylation is 2. The van der Waals surface area contributed by atoms with Gasteiger partial charge in [-0.3, -0.25) is 14.2 Å². The molecule has 0 saturated heterocycles. The van der Waals surface area contributed by atoms with E-state index in [1.807, 2.05) is 26.0 Å². The fourth-order valence-electron chi connectivity index (χ4n) is 3.22. The number of anilines is 3. The van der Waals surface area contributed by atoms with E-state index in [1.54, 1.807) is 12.3 Å². The molecule has 0 unspecified atom stereocenters. The van der Waals surface area contributed by atoms with Crippen LogP contribution in [-0.2, 0) is 11.3 Å². The summed E-state index contributed by atoms with van der Waals surface area (Å²) < 4.78 is 1.32. The Labute approximate surface area is 185 Å². The third-order valence-corrected chi connectivity index (χ3v) is 4.97. The first-order chi connectivity index (χ1) is 15.5. The lowest BCUT2D eigenvalue weighted by Crippen LogP contribution is -2.35. The van der Waals surface area contributed by atoms with Gasteiger partial charge in [0, 0.05) is 37.3 Å². The van der Waals surface area contributed by atoms with Gasteiger partial charge in [0.15, 0.2) is 0 Å². The SMILES string of the molecule is Cc1ccnc(Nc2cc(NCCNC(=O)Cn3cnc(C4CC4)cc3=O)nc(C)n2)c1. The Morgan fingerprint density at radius 2 is 1.88 bits per heavy atom. The van der Waals surface area contributed by atoms with E-state index >= 15 is 0 Å². The maximum Gasteiger partial charge on any atom is 0.254 e. The number of aromatic nitrogens is 5. The number of amides is 1. The van der Waals surface area contributed by atoms with E-state index < -0.39 is 0 Å².